The largest absolute Gasteiger partial charge is 0.374 e. The lowest BCUT2D eigenvalue weighted by Crippen LogP contribution is -2.09. The van der Waals surface area contributed by atoms with E-state index in [4.69, 9.17) is 16.3 Å². The molecule has 1 heterocycles. The Bertz CT molecular complexity index is 606. The van der Waals surface area contributed by atoms with Crippen molar-refractivity contribution in [1.29, 1.82) is 0 Å². The third-order valence-electron chi connectivity index (χ3n) is 3.53. The van der Waals surface area contributed by atoms with Crippen LogP contribution in [0.5, 0.6) is 0 Å². The first-order valence-corrected chi connectivity index (χ1v) is 7.56. The Labute approximate surface area is 129 Å². The number of benzene rings is 1. The monoisotopic (exact) mass is 303 g/mol. The van der Waals surface area contributed by atoms with Gasteiger partial charge in [-0.15, -0.1) is 0 Å². The molecule has 4 nitrogen and oxygen atoms in total. The van der Waals surface area contributed by atoms with E-state index in [-0.39, 0.29) is 0 Å². The number of nitrogens with one attached hydrogen (secondary N) is 1. The number of hydrogen-bond donors (Lipinski definition) is 1. The van der Waals surface area contributed by atoms with E-state index < -0.39 is 0 Å². The molecule has 2 unspecified atom stereocenters. The van der Waals surface area contributed by atoms with Gasteiger partial charge in [-0.25, -0.2) is 9.97 Å². The summed E-state index contributed by atoms with van der Waals surface area (Å²) in [5.41, 5.74) is 1.37. The van der Waals surface area contributed by atoms with Crippen molar-refractivity contribution in [2.45, 2.75) is 31.9 Å². The van der Waals surface area contributed by atoms with Gasteiger partial charge in [-0.3, -0.25) is 0 Å². The van der Waals surface area contributed by atoms with E-state index in [1.807, 2.05) is 13.0 Å². The molecule has 0 bridgehead atoms. The third-order valence-corrected chi connectivity index (χ3v) is 3.72. The molecule has 0 spiro atoms. The summed E-state index contributed by atoms with van der Waals surface area (Å²) in [6, 6.07) is 12.7. The van der Waals surface area contributed by atoms with Gasteiger partial charge in [0.25, 0.3) is 0 Å². The minimum absolute atomic E-state index is 0.387. The summed E-state index contributed by atoms with van der Waals surface area (Å²) in [6.45, 7) is 2.97. The number of nitrogens with zero attached hydrogens (tertiary/aromatic N) is 2. The van der Waals surface area contributed by atoms with Crippen LogP contribution in [-0.4, -0.2) is 22.6 Å². The fourth-order valence-corrected chi connectivity index (χ4v) is 2.61. The predicted octanol–water partition coefficient (Wildman–Crippen LogP) is 3.63. The predicted molar refractivity (Wildman–Crippen MR) is 83.6 cm³/mol. The summed E-state index contributed by atoms with van der Waals surface area (Å²) < 4.78 is 5.33. The van der Waals surface area contributed by atoms with Crippen LogP contribution in [-0.2, 0) is 11.3 Å². The number of hydrogen-bond acceptors (Lipinski definition) is 4. The highest BCUT2D eigenvalue weighted by Crippen LogP contribution is 2.42. The van der Waals surface area contributed by atoms with Crippen LogP contribution in [0.1, 0.15) is 30.7 Å². The highest BCUT2D eigenvalue weighted by molar-refractivity contribution is 6.29. The smallest absolute Gasteiger partial charge is 0.158 e. The summed E-state index contributed by atoms with van der Waals surface area (Å²) in [4.78, 5) is 8.61. The van der Waals surface area contributed by atoms with Crippen LogP contribution >= 0.6 is 11.6 Å². The molecule has 3 rings (SSSR count). The van der Waals surface area contributed by atoms with Gasteiger partial charge in [0.05, 0.1) is 0 Å². The summed E-state index contributed by atoms with van der Waals surface area (Å²) in [7, 11) is 0. The minimum Gasteiger partial charge on any atom is -0.374 e. The molecule has 1 aliphatic rings. The summed E-state index contributed by atoms with van der Waals surface area (Å²) >= 11 is 6.04. The lowest BCUT2D eigenvalue weighted by molar-refractivity contribution is 0.128. The number of aromatic nitrogens is 2. The van der Waals surface area contributed by atoms with E-state index in [9.17, 15) is 0 Å². The zero-order valence-corrected chi connectivity index (χ0v) is 12.7. The molecule has 1 fully saturated rings. The quantitative estimate of drug-likeness (QED) is 0.828. The number of rotatable bonds is 6. The van der Waals surface area contributed by atoms with Gasteiger partial charge in [0.2, 0.25) is 0 Å². The average molecular weight is 304 g/mol. The molecule has 21 heavy (non-hydrogen) atoms. The molecule has 1 aromatic heterocycles. The molecule has 1 saturated carbocycles. The van der Waals surface area contributed by atoms with Gasteiger partial charge in [0, 0.05) is 24.6 Å². The molecular weight excluding hydrogens is 286 g/mol. The molecule has 0 aliphatic heterocycles. The van der Waals surface area contributed by atoms with Gasteiger partial charge in [0.1, 0.15) is 17.6 Å². The second-order valence-electron chi connectivity index (χ2n) is 5.13. The first-order valence-electron chi connectivity index (χ1n) is 7.19. The fraction of sp³-hybridized carbons (Fsp3) is 0.375. The van der Waals surface area contributed by atoms with Crippen molar-refractivity contribution in [2.75, 3.05) is 11.9 Å². The highest BCUT2D eigenvalue weighted by Gasteiger charge is 2.38. The lowest BCUT2D eigenvalue weighted by atomic mass is 10.1. The van der Waals surface area contributed by atoms with Crippen molar-refractivity contribution in [1.82, 2.24) is 9.97 Å². The molecule has 5 heteroatoms. The molecule has 1 aliphatic carbocycles. The molecule has 110 valence electrons. The van der Waals surface area contributed by atoms with Crippen LogP contribution in [0.3, 0.4) is 0 Å². The second kappa shape index (κ2) is 6.41. The van der Waals surface area contributed by atoms with Crippen LogP contribution in [0.25, 0.3) is 0 Å². The number of halogens is 1. The third kappa shape index (κ3) is 3.71. The van der Waals surface area contributed by atoms with Gasteiger partial charge in [-0.1, -0.05) is 41.9 Å². The van der Waals surface area contributed by atoms with E-state index >= 15 is 0 Å². The number of anilines is 1. The van der Waals surface area contributed by atoms with Crippen molar-refractivity contribution >= 4 is 17.4 Å². The maximum absolute atomic E-state index is 6.04. The van der Waals surface area contributed by atoms with Crippen LogP contribution in [0.15, 0.2) is 36.4 Å². The second-order valence-corrected chi connectivity index (χ2v) is 5.52. The molecule has 0 saturated heterocycles. The Hall–Kier alpha value is -1.65. The fourth-order valence-electron chi connectivity index (χ4n) is 2.41. The van der Waals surface area contributed by atoms with Crippen molar-refractivity contribution in [3.8, 4) is 0 Å². The molecular formula is C16H18ClN3O. The van der Waals surface area contributed by atoms with Crippen molar-refractivity contribution in [2.24, 2.45) is 0 Å². The Morgan fingerprint density at radius 1 is 1.29 bits per heavy atom. The van der Waals surface area contributed by atoms with Gasteiger partial charge in [-0.2, -0.15) is 0 Å². The summed E-state index contributed by atoms with van der Waals surface area (Å²) in [5, 5.41) is 3.87. The van der Waals surface area contributed by atoms with E-state index in [1.54, 1.807) is 6.07 Å². The van der Waals surface area contributed by atoms with Crippen LogP contribution in [0, 0.1) is 0 Å². The molecule has 0 amide bonds. The Morgan fingerprint density at radius 2 is 2.10 bits per heavy atom. The lowest BCUT2D eigenvalue weighted by Gasteiger charge is -2.08. The standard InChI is InChI=1S/C16H18ClN3O/c1-2-21-10-16-19-14(17)9-15(20-16)18-13-8-12(13)11-6-4-3-5-7-11/h3-7,9,12-13H,2,8,10H2,1H3,(H,18,19,20). The van der Waals surface area contributed by atoms with Crippen molar-refractivity contribution in [3.05, 3.63) is 52.9 Å². The average Bonchev–Trinajstić information content (AvgIpc) is 3.24. The zero-order chi connectivity index (χ0) is 14.7. The normalized spacial score (nSPS) is 20.3. The van der Waals surface area contributed by atoms with E-state index in [0.29, 0.717) is 36.2 Å². The van der Waals surface area contributed by atoms with Crippen molar-refractivity contribution in [3.63, 3.8) is 0 Å². The Kier molecular flexibility index (Phi) is 4.36. The van der Waals surface area contributed by atoms with Gasteiger partial charge >= 0.3 is 0 Å². The molecule has 2 atom stereocenters. The molecule has 1 aromatic carbocycles. The van der Waals surface area contributed by atoms with Crippen LogP contribution < -0.4 is 5.32 Å². The van der Waals surface area contributed by atoms with Gasteiger partial charge in [0.15, 0.2) is 5.82 Å². The topological polar surface area (TPSA) is 47.0 Å². The van der Waals surface area contributed by atoms with Gasteiger partial charge in [-0.05, 0) is 18.9 Å². The van der Waals surface area contributed by atoms with Crippen molar-refractivity contribution < 1.29 is 4.74 Å². The van der Waals surface area contributed by atoms with Crippen LogP contribution in [0.2, 0.25) is 5.15 Å². The SMILES string of the molecule is CCOCc1nc(Cl)cc(NC2CC2c2ccccc2)n1. The highest BCUT2D eigenvalue weighted by atomic mass is 35.5. The molecule has 0 radical (unpaired) electrons. The molecule has 2 aromatic rings. The first-order chi connectivity index (χ1) is 10.3. The number of ether oxygens (including phenoxy) is 1. The summed E-state index contributed by atoms with van der Waals surface area (Å²) in [6.07, 6.45) is 1.12. The Morgan fingerprint density at radius 3 is 2.86 bits per heavy atom. The first kappa shape index (κ1) is 14.3. The summed E-state index contributed by atoms with van der Waals surface area (Å²) in [5.74, 6) is 1.94. The van der Waals surface area contributed by atoms with E-state index in [2.05, 4.69) is 39.6 Å². The maximum Gasteiger partial charge on any atom is 0.158 e. The zero-order valence-electron chi connectivity index (χ0n) is 11.9. The van der Waals surface area contributed by atoms with E-state index in [1.165, 1.54) is 5.56 Å². The van der Waals surface area contributed by atoms with E-state index in [0.717, 1.165) is 12.2 Å². The maximum atomic E-state index is 6.04. The molecule has 1 N–H and O–H groups in total. The minimum atomic E-state index is 0.387. The Balaban J connectivity index is 1.65. The van der Waals surface area contributed by atoms with Gasteiger partial charge < -0.3 is 10.1 Å². The van der Waals surface area contributed by atoms with Crippen LogP contribution in [0.4, 0.5) is 5.82 Å².